The molecule has 3 saturated heterocycles. The third kappa shape index (κ3) is 9.21. The van der Waals surface area contributed by atoms with Crippen LogP contribution in [0.15, 0.2) is 158 Å². The molecular weight excluding hydrogens is 779 g/mol. The van der Waals surface area contributed by atoms with Gasteiger partial charge in [0, 0.05) is 49.5 Å². The summed E-state index contributed by atoms with van der Waals surface area (Å²) >= 11 is 0. The van der Waals surface area contributed by atoms with E-state index in [4.69, 9.17) is 14.2 Å². The highest BCUT2D eigenvalue weighted by atomic mass is 16.7. The number of amides is 3. The van der Waals surface area contributed by atoms with Gasteiger partial charge < -0.3 is 45.1 Å². The van der Waals surface area contributed by atoms with Gasteiger partial charge >= 0.3 is 6.03 Å². The molecule has 1 spiro atoms. The number of nitrogens with one attached hydrogen (secondary N) is 3. The molecule has 0 bridgehead atoms. The lowest BCUT2D eigenvalue weighted by atomic mass is 9.85. The summed E-state index contributed by atoms with van der Waals surface area (Å²) in [6, 6.07) is 50.9. The Morgan fingerprint density at radius 1 is 0.758 bits per heavy atom. The second kappa shape index (κ2) is 18.6. The Labute approximate surface area is 362 Å². The second-order valence-electron chi connectivity index (χ2n) is 16.1. The predicted molar refractivity (Wildman–Crippen MR) is 239 cm³/mol. The lowest BCUT2D eigenvalue weighted by Crippen LogP contribution is -2.57. The molecule has 6 aromatic carbocycles. The summed E-state index contributed by atoms with van der Waals surface area (Å²) in [6.45, 7) is 3.11. The zero-order valence-corrected chi connectivity index (χ0v) is 34.5. The highest BCUT2D eigenvalue weighted by Gasteiger charge is 2.50. The van der Waals surface area contributed by atoms with Gasteiger partial charge in [-0.2, -0.15) is 0 Å². The molecule has 0 aliphatic carbocycles. The van der Waals surface area contributed by atoms with Gasteiger partial charge in [0.25, 0.3) is 0 Å². The summed E-state index contributed by atoms with van der Waals surface area (Å²) in [5.41, 5.74) is 6.95. The number of likely N-dealkylation sites (tertiary alicyclic amines) is 1. The molecule has 0 radical (unpaired) electrons. The summed E-state index contributed by atoms with van der Waals surface area (Å²) in [5.74, 6) is 1.53. The number of piperidine rings is 1. The molecule has 0 aromatic heterocycles. The second-order valence-corrected chi connectivity index (χ2v) is 16.1. The fraction of sp³-hybridized carbons (Fsp3) is 0.255. The number of nitrogens with zero attached hydrogens (tertiary/aromatic N) is 2. The number of carbonyl (C=O) groups is 2. The van der Waals surface area contributed by atoms with Crippen molar-refractivity contribution in [2.75, 3.05) is 36.5 Å². The van der Waals surface area contributed by atoms with E-state index in [0.717, 1.165) is 70.7 Å². The van der Waals surface area contributed by atoms with E-state index in [1.165, 1.54) is 0 Å². The van der Waals surface area contributed by atoms with E-state index in [0.29, 0.717) is 37.6 Å². The number of hydrogen-bond acceptors (Lipinski definition) is 8. The number of urea groups is 1. The van der Waals surface area contributed by atoms with Crippen LogP contribution in [0.25, 0.3) is 11.1 Å². The van der Waals surface area contributed by atoms with Gasteiger partial charge in [0.2, 0.25) is 5.91 Å². The summed E-state index contributed by atoms with van der Waals surface area (Å²) in [4.78, 5) is 31.0. The first kappa shape index (κ1) is 40.9. The Balaban J connectivity index is 0.852. The average Bonchev–Trinajstić information content (AvgIpc) is 3.64. The van der Waals surface area contributed by atoms with Gasteiger partial charge in [-0.25, -0.2) is 4.79 Å². The Morgan fingerprint density at radius 2 is 1.42 bits per heavy atom. The number of para-hydroxylation sites is 2. The van der Waals surface area contributed by atoms with E-state index in [2.05, 4.69) is 68.2 Å². The fourth-order valence-electron chi connectivity index (χ4n) is 8.82. The highest BCUT2D eigenvalue weighted by Crippen LogP contribution is 2.41. The topological polar surface area (TPSA) is 125 Å². The van der Waals surface area contributed by atoms with Crippen molar-refractivity contribution in [1.29, 1.82) is 0 Å². The Hall–Kier alpha value is -6.50. The lowest BCUT2D eigenvalue weighted by Gasteiger charge is -2.45. The van der Waals surface area contributed by atoms with Crippen LogP contribution in [0, 0.1) is 0 Å². The molecule has 11 nitrogen and oxygen atoms in total. The van der Waals surface area contributed by atoms with Crippen molar-refractivity contribution in [3.05, 3.63) is 180 Å². The minimum atomic E-state index is -0.602. The minimum absolute atomic E-state index is 0.0183. The van der Waals surface area contributed by atoms with Crippen LogP contribution in [0.3, 0.4) is 0 Å². The normalized spacial score (nSPS) is 19.8. The van der Waals surface area contributed by atoms with Gasteiger partial charge in [0.05, 0.1) is 25.5 Å². The van der Waals surface area contributed by atoms with E-state index in [1.807, 2.05) is 115 Å². The van der Waals surface area contributed by atoms with E-state index in [-0.39, 0.29) is 30.8 Å². The molecule has 3 aliphatic heterocycles. The molecule has 11 heteroatoms. The Morgan fingerprint density at radius 3 is 2.15 bits per heavy atom. The molecule has 316 valence electrons. The molecule has 0 saturated carbocycles. The number of carbonyl (C=O) groups excluding carboxylic acids is 2. The lowest BCUT2D eigenvalue weighted by molar-refractivity contribution is -0.253. The van der Waals surface area contributed by atoms with Crippen LogP contribution in [0.1, 0.15) is 53.9 Å². The van der Waals surface area contributed by atoms with Gasteiger partial charge in [-0.05, 0) is 89.2 Å². The van der Waals surface area contributed by atoms with Gasteiger partial charge in [-0.15, -0.1) is 0 Å². The number of ether oxygens (including phenoxy) is 3. The quantitative estimate of drug-likeness (QED) is 0.0965. The molecule has 3 aliphatic rings. The van der Waals surface area contributed by atoms with Crippen LogP contribution in [0.5, 0.6) is 11.5 Å². The Kier molecular flexibility index (Phi) is 12.3. The zero-order chi connectivity index (χ0) is 42.3. The maximum atomic E-state index is 13.3. The summed E-state index contributed by atoms with van der Waals surface area (Å²) in [6.07, 6.45) is 1.20. The molecular formula is C51H51N5O6. The van der Waals surface area contributed by atoms with Gasteiger partial charge in [0.15, 0.2) is 6.29 Å². The molecule has 62 heavy (non-hydrogen) atoms. The minimum Gasteiger partial charge on any atom is -0.457 e. The number of benzene rings is 6. The molecule has 9 rings (SSSR count). The Bertz CT molecular complexity index is 2420. The number of rotatable bonds is 12. The SMILES string of the molecule is O=C(NCc1ccccc1-c1ccc([C@H]2O[C@@H](CN3CCC4(CC3)C(=O)NCN4c3ccccc3)C[C@@H](c3ccc(CO)cc3)O2)cc1)Nc1ccc(Oc2ccccc2)cc1. The smallest absolute Gasteiger partial charge is 0.319 e. The van der Waals surface area contributed by atoms with Crippen molar-refractivity contribution in [3.8, 4) is 22.6 Å². The van der Waals surface area contributed by atoms with Gasteiger partial charge in [0.1, 0.15) is 17.0 Å². The average molecular weight is 830 g/mol. The number of hydrogen-bond donors (Lipinski definition) is 4. The third-order valence-corrected chi connectivity index (χ3v) is 12.2. The van der Waals surface area contributed by atoms with Crippen LogP contribution in [0.4, 0.5) is 16.2 Å². The van der Waals surface area contributed by atoms with E-state index >= 15 is 0 Å². The van der Waals surface area contributed by atoms with E-state index in [9.17, 15) is 14.7 Å². The molecule has 3 fully saturated rings. The summed E-state index contributed by atoms with van der Waals surface area (Å²) in [7, 11) is 0. The van der Waals surface area contributed by atoms with Crippen LogP contribution in [-0.4, -0.2) is 59.9 Å². The van der Waals surface area contributed by atoms with Crippen LogP contribution in [-0.2, 0) is 27.4 Å². The first-order chi connectivity index (χ1) is 30.4. The fourth-order valence-corrected chi connectivity index (χ4v) is 8.82. The molecule has 4 N–H and O–H groups in total. The van der Waals surface area contributed by atoms with E-state index < -0.39 is 11.8 Å². The molecule has 3 atom stereocenters. The number of aliphatic hydroxyl groups excluding tert-OH is 1. The highest BCUT2D eigenvalue weighted by molar-refractivity contribution is 5.93. The van der Waals surface area contributed by atoms with Crippen molar-refractivity contribution in [3.63, 3.8) is 0 Å². The predicted octanol–water partition coefficient (Wildman–Crippen LogP) is 8.93. The first-order valence-electron chi connectivity index (χ1n) is 21.3. The summed E-state index contributed by atoms with van der Waals surface area (Å²) in [5, 5.41) is 18.7. The van der Waals surface area contributed by atoms with E-state index in [1.54, 1.807) is 0 Å². The largest absolute Gasteiger partial charge is 0.457 e. The molecule has 0 unspecified atom stereocenters. The van der Waals surface area contributed by atoms with Crippen molar-refractivity contribution >= 4 is 23.3 Å². The van der Waals surface area contributed by atoms with Crippen molar-refractivity contribution < 1.29 is 28.9 Å². The number of aliphatic hydroxyl groups is 1. The van der Waals surface area contributed by atoms with Crippen molar-refractivity contribution in [2.24, 2.45) is 0 Å². The molecule has 3 heterocycles. The maximum Gasteiger partial charge on any atom is 0.319 e. The maximum absolute atomic E-state index is 13.3. The summed E-state index contributed by atoms with van der Waals surface area (Å²) < 4.78 is 19.3. The van der Waals surface area contributed by atoms with Gasteiger partial charge in [-0.3, -0.25) is 4.79 Å². The van der Waals surface area contributed by atoms with Crippen molar-refractivity contribution in [1.82, 2.24) is 15.5 Å². The van der Waals surface area contributed by atoms with Crippen LogP contribution in [0.2, 0.25) is 0 Å². The molecule has 3 amide bonds. The third-order valence-electron chi connectivity index (χ3n) is 12.2. The first-order valence-corrected chi connectivity index (χ1v) is 21.3. The zero-order valence-electron chi connectivity index (χ0n) is 34.5. The standard InChI is InChI=1S/C51H51N5O6/c57-34-36-15-17-38(18-16-36)47-31-45(33-55-29-27-51(28-30-55)49(58)53-35-56(51)42-10-3-1-4-11-42)61-48(62-47)39-21-19-37(20-22-39)46-14-8-7-9-40(46)32-52-50(59)54-41-23-25-44(26-24-41)60-43-12-5-2-6-13-43/h1-26,45,47-48,57H,27-35H2,(H,53,58)(H2,52,54,59)/t45-,47+,48+/m1/s1. The van der Waals surface area contributed by atoms with Crippen molar-refractivity contribution in [2.45, 2.75) is 56.5 Å². The van der Waals surface area contributed by atoms with Crippen LogP contribution < -0.4 is 25.6 Å². The number of anilines is 2. The molecule has 6 aromatic rings. The van der Waals surface area contributed by atoms with Crippen LogP contribution >= 0.6 is 0 Å². The van der Waals surface area contributed by atoms with Gasteiger partial charge in [-0.1, -0.05) is 109 Å². The monoisotopic (exact) mass is 829 g/mol.